The van der Waals surface area contributed by atoms with Crippen molar-refractivity contribution >= 4 is 5.91 Å². The number of piperidine rings is 1. The van der Waals surface area contributed by atoms with Gasteiger partial charge < -0.3 is 10.6 Å². The van der Waals surface area contributed by atoms with Crippen molar-refractivity contribution in [3.63, 3.8) is 0 Å². The van der Waals surface area contributed by atoms with Gasteiger partial charge in [-0.1, -0.05) is 26.7 Å². The monoisotopic (exact) mass is 306 g/mol. The molecule has 5 atom stereocenters. The molecule has 1 aliphatic carbocycles. The Morgan fingerprint density at radius 3 is 2.43 bits per heavy atom. The van der Waals surface area contributed by atoms with E-state index in [0.29, 0.717) is 11.8 Å². The molecule has 122 valence electrons. The number of carbonyl (C=O) groups is 1. The number of halogens is 3. The van der Waals surface area contributed by atoms with Gasteiger partial charge in [-0.05, 0) is 31.1 Å². The molecule has 1 saturated carbocycles. The first-order chi connectivity index (χ1) is 9.79. The summed E-state index contributed by atoms with van der Waals surface area (Å²) in [4.78, 5) is 12.2. The van der Waals surface area contributed by atoms with Gasteiger partial charge in [0.25, 0.3) is 0 Å². The Labute approximate surface area is 124 Å². The maximum atomic E-state index is 12.6. The zero-order chi connectivity index (χ0) is 15.6. The molecule has 1 aliphatic heterocycles. The van der Waals surface area contributed by atoms with Crippen molar-refractivity contribution in [2.75, 3.05) is 6.54 Å². The minimum absolute atomic E-state index is 0.0329. The van der Waals surface area contributed by atoms with Gasteiger partial charge in [-0.2, -0.15) is 13.2 Å². The van der Waals surface area contributed by atoms with Crippen LogP contribution in [-0.2, 0) is 4.79 Å². The molecule has 21 heavy (non-hydrogen) atoms. The molecule has 6 heteroatoms. The largest absolute Gasteiger partial charge is 0.393 e. The topological polar surface area (TPSA) is 41.1 Å². The molecule has 1 heterocycles. The van der Waals surface area contributed by atoms with Crippen molar-refractivity contribution in [2.24, 2.45) is 17.8 Å². The molecule has 3 nitrogen and oxygen atoms in total. The minimum Gasteiger partial charge on any atom is -0.352 e. The fourth-order valence-corrected chi connectivity index (χ4v) is 3.43. The SMILES string of the molecule is CC1CCCC(NC(=O)C2CCC(C(F)(F)F)CN2)C1C. The first-order valence-corrected chi connectivity index (χ1v) is 7.89. The lowest BCUT2D eigenvalue weighted by Crippen LogP contribution is -2.54. The molecule has 0 spiro atoms. The molecule has 5 unspecified atom stereocenters. The summed E-state index contributed by atoms with van der Waals surface area (Å²) in [6.07, 6.45) is -0.623. The molecule has 0 bridgehead atoms. The van der Waals surface area contributed by atoms with Gasteiger partial charge in [0.2, 0.25) is 5.91 Å². The van der Waals surface area contributed by atoms with E-state index in [0.717, 1.165) is 12.8 Å². The molecule has 2 fully saturated rings. The third kappa shape index (κ3) is 4.11. The van der Waals surface area contributed by atoms with Crippen molar-refractivity contribution in [2.45, 2.75) is 64.2 Å². The summed E-state index contributed by atoms with van der Waals surface area (Å²) in [5.41, 5.74) is 0. The van der Waals surface area contributed by atoms with Crippen molar-refractivity contribution < 1.29 is 18.0 Å². The van der Waals surface area contributed by atoms with Crippen LogP contribution in [0.2, 0.25) is 0 Å². The van der Waals surface area contributed by atoms with Gasteiger partial charge in [-0.25, -0.2) is 0 Å². The van der Waals surface area contributed by atoms with Crippen LogP contribution in [-0.4, -0.2) is 30.7 Å². The Morgan fingerprint density at radius 1 is 1.14 bits per heavy atom. The Bertz CT molecular complexity index is 364. The highest BCUT2D eigenvalue weighted by atomic mass is 19.4. The Kier molecular flexibility index (Phi) is 5.17. The molecule has 2 aliphatic rings. The molecule has 2 rings (SSSR count). The van der Waals surface area contributed by atoms with E-state index in [9.17, 15) is 18.0 Å². The van der Waals surface area contributed by atoms with E-state index in [1.165, 1.54) is 6.42 Å². The first-order valence-electron chi connectivity index (χ1n) is 7.89. The van der Waals surface area contributed by atoms with Gasteiger partial charge in [0.15, 0.2) is 0 Å². The predicted molar refractivity (Wildman–Crippen MR) is 74.7 cm³/mol. The fraction of sp³-hybridized carbons (Fsp3) is 0.933. The second-order valence-corrected chi connectivity index (χ2v) is 6.66. The second-order valence-electron chi connectivity index (χ2n) is 6.66. The average molecular weight is 306 g/mol. The van der Waals surface area contributed by atoms with Crippen molar-refractivity contribution in [1.82, 2.24) is 10.6 Å². The summed E-state index contributed by atoms with van der Waals surface area (Å²) in [7, 11) is 0. The highest BCUT2D eigenvalue weighted by Gasteiger charge is 2.42. The van der Waals surface area contributed by atoms with Crippen LogP contribution in [0.25, 0.3) is 0 Å². The second kappa shape index (κ2) is 6.55. The molecule has 0 radical (unpaired) electrons. The van der Waals surface area contributed by atoms with Crippen LogP contribution in [0.4, 0.5) is 13.2 Å². The zero-order valence-corrected chi connectivity index (χ0v) is 12.7. The molecular formula is C15H25F3N2O. The van der Waals surface area contributed by atoms with Crippen LogP contribution in [0.1, 0.15) is 46.0 Å². The van der Waals surface area contributed by atoms with Gasteiger partial charge in [-0.3, -0.25) is 4.79 Å². The Hall–Kier alpha value is -0.780. The maximum absolute atomic E-state index is 12.6. The molecule has 1 amide bonds. The van der Waals surface area contributed by atoms with Crippen LogP contribution in [0.15, 0.2) is 0 Å². The number of hydrogen-bond donors (Lipinski definition) is 2. The third-order valence-electron chi connectivity index (χ3n) is 5.23. The number of rotatable bonds is 2. The van der Waals surface area contributed by atoms with Gasteiger partial charge >= 0.3 is 6.18 Å². The predicted octanol–water partition coefficient (Wildman–Crippen LogP) is 2.86. The quantitative estimate of drug-likeness (QED) is 0.823. The smallest absolute Gasteiger partial charge is 0.352 e. The lowest BCUT2D eigenvalue weighted by molar-refractivity contribution is -0.180. The van der Waals surface area contributed by atoms with Crippen LogP contribution in [0, 0.1) is 17.8 Å². The van der Waals surface area contributed by atoms with Gasteiger partial charge in [0.05, 0.1) is 12.0 Å². The average Bonchev–Trinajstić information content (AvgIpc) is 2.43. The summed E-state index contributed by atoms with van der Waals surface area (Å²) in [5, 5.41) is 5.80. The normalized spacial score (nSPS) is 38.0. The molecule has 1 saturated heterocycles. The van der Waals surface area contributed by atoms with Gasteiger partial charge in [-0.15, -0.1) is 0 Å². The molecule has 2 N–H and O–H groups in total. The van der Waals surface area contributed by atoms with E-state index in [1.54, 1.807) is 0 Å². The van der Waals surface area contributed by atoms with Crippen molar-refractivity contribution in [1.29, 1.82) is 0 Å². The van der Waals surface area contributed by atoms with E-state index >= 15 is 0 Å². The van der Waals surface area contributed by atoms with Crippen LogP contribution < -0.4 is 10.6 Å². The van der Waals surface area contributed by atoms with Crippen LogP contribution in [0.3, 0.4) is 0 Å². The lowest BCUT2D eigenvalue weighted by atomic mass is 9.78. The number of nitrogens with one attached hydrogen (secondary N) is 2. The van der Waals surface area contributed by atoms with Gasteiger partial charge in [0.1, 0.15) is 0 Å². The Morgan fingerprint density at radius 2 is 1.86 bits per heavy atom. The summed E-state index contributed by atoms with van der Waals surface area (Å²) in [6.45, 7) is 4.18. The third-order valence-corrected chi connectivity index (χ3v) is 5.23. The number of hydrogen-bond acceptors (Lipinski definition) is 2. The standard InChI is InChI=1S/C15H25F3N2O/c1-9-4-3-5-12(10(9)2)20-14(21)13-7-6-11(8-19-13)15(16,17)18/h9-13,19H,3-8H2,1-2H3,(H,20,21). The van der Waals surface area contributed by atoms with Crippen molar-refractivity contribution in [3.8, 4) is 0 Å². The van der Waals surface area contributed by atoms with E-state index in [-0.39, 0.29) is 31.3 Å². The number of amides is 1. The van der Waals surface area contributed by atoms with Crippen LogP contribution in [0.5, 0.6) is 0 Å². The number of carbonyl (C=O) groups excluding carboxylic acids is 1. The summed E-state index contributed by atoms with van der Waals surface area (Å²) in [5.74, 6) is -0.455. The summed E-state index contributed by atoms with van der Waals surface area (Å²) < 4.78 is 37.8. The highest BCUT2D eigenvalue weighted by molar-refractivity contribution is 5.82. The lowest BCUT2D eigenvalue weighted by Gasteiger charge is -2.36. The maximum Gasteiger partial charge on any atom is 0.393 e. The summed E-state index contributed by atoms with van der Waals surface area (Å²) >= 11 is 0. The van der Waals surface area contributed by atoms with E-state index in [1.807, 2.05) is 0 Å². The highest BCUT2D eigenvalue weighted by Crippen LogP contribution is 2.32. The summed E-state index contributed by atoms with van der Waals surface area (Å²) in [6, 6.07) is -0.323. The zero-order valence-electron chi connectivity index (χ0n) is 12.7. The fourth-order valence-electron chi connectivity index (χ4n) is 3.43. The van der Waals surface area contributed by atoms with Crippen molar-refractivity contribution in [3.05, 3.63) is 0 Å². The van der Waals surface area contributed by atoms with E-state index in [4.69, 9.17) is 0 Å². The minimum atomic E-state index is -4.16. The van der Waals surface area contributed by atoms with E-state index < -0.39 is 18.1 Å². The molecule has 0 aromatic rings. The number of alkyl halides is 3. The molecule has 0 aromatic carbocycles. The van der Waals surface area contributed by atoms with Gasteiger partial charge in [0, 0.05) is 12.6 Å². The Balaban J connectivity index is 1.82. The first kappa shape index (κ1) is 16.6. The van der Waals surface area contributed by atoms with Crippen LogP contribution >= 0.6 is 0 Å². The molecule has 0 aromatic heterocycles. The molecular weight excluding hydrogens is 281 g/mol. The van der Waals surface area contributed by atoms with E-state index in [2.05, 4.69) is 24.5 Å².